The first-order chi connectivity index (χ1) is 13.5. The molecule has 3 aromatic rings. The van der Waals surface area contributed by atoms with Crippen molar-refractivity contribution < 1.29 is 23.5 Å². The van der Waals surface area contributed by atoms with Gasteiger partial charge in [0.25, 0.3) is 5.91 Å². The average Bonchev–Trinajstić information content (AvgIpc) is 3.34. The Morgan fingerprint density at radius 1 is 1.39 bits per heavy atom. The number of anilines is 1. The van der Waals surface area contributed by atoms with E-state index >= 15 is 0 Å². The Kier molecular flexibility index (Phi) is 4.80. The lowest BCUT2D eigenvalue weighted by Crippen LogP contribution is -2.15. The zero-order valence-electron chi connectivity index (χ0n) is 15.8. The quantitative estimate of drug-likeness (QED) is 0.650. The second-order valence-corrected chi connectivity index (χ2v) is 7.63. The standard InChI is InChI=1S/C20H20N2O5S/c1-4-26-19(24)13-7-8-15-16(13)21-20(28-15)22-18(23)17-10(2)12-6-5-11(25-3)9-14(12)27-17/h5-6,9,13H,4,7-8H2,1-3H3,(H,21,22,23)/t13-/m1/s1. The van der Waals surface area contributed by atoms with E-state index in [1.165, 1.54) is 11.3 Å². The molecule has 0 radical (unpaired) electrons. The predicted molar refractivity (Wildman–Crippen MR) is 105 cm³/mol. The Morgan fingerprint density at radius 3 is 2.96 bits per heavy atom. The number of fused-ring (bicyclic) bond motifs is 2. The summed E-state index contributed by atoms with van der Waals surface area (Å²) in [4.78, 5) is 30.3. The molecule has 1 amide bonds. The molecule has 8 heteroatoms. The highest BCUT2D eigenvalue weighted by atomic mass is 32.1. The zero-order valence-corrected chi connectivity index (χ0v) is 16.6. The number of aryl methyl sites for hydroxylation is 2. The van der Waals surface area contributed by atoms with Gasteiger partial charge < -0.3 is 13.9 Å². The van der Waals surface area contributed by atoms with Crippen LogP contribution in [0.5, 0.6) is 5.75 Å². The molecule has 1 aromatic carbocycles. The molecule has 0 unspecified atom stereocenters. The number of carbonyl (C=O) groups is 2. The SMILES string of the molecule is CCOC(=O)[C@@H]1CCc2sc(NC(=O)c3oc4cc(OC)ccc4c3C)nc21. The van der Waals surface area contributed by atoms with Crippen LogP contribution in [0.2, 0.25) is 0 Å². The number of benzene rings is 1. The van der Waals surface area contributed by atoms with Gasteiger partial charge in [0.2, 0.25) is 0 Å². The third kappa shape index (κ3) is 3.13. The molecule has 1 aliphatic carbocycles. The van der Waals surface area contributed by atoms with Crippen LogP contribution in [0.4, 0.5) is 5.13 Å². The Labute approximate surface area is 165 Å². The number of ether oxygens (including phenoxy) is 2. The van der Waals surface area contributed by atoms with Crippen molar-refractivity contribution in [3.63, 3.8) is 0 Å². The molecule has 4 rings (SSSR count). The number of esters is 1. The van der Waals surface area contributed by atoms with E-state index in [2.05, 4.69) is 10.3 Å². The van der Waals surface area contributed by atoms with Crippen molar-refractivity contribution in [2.24, 2.45) is 0 Å². The highest BCUT2D eigenvalue weighted by Gasteiger charge is 2.34. The summed E-state index contributed by atoms with van der Waals surface area (Å²) in [5, 5.41) is 4.12. The second kappa shape index (κ2) is 7.27. The minimum atomic E-state index is -0.368. The smallest absolute Gasteiger partial charge is 0.315 e. The van der Waals surface area contributed by atoms with Crippen LogP contribution in [0.3, 0.4) is 0 Å². The van der Waals surface area contributed by atoms with E-state index in [4.69, 9.17) is 13.9 Å². The molecule has 1 aliphatic rings. The van der Waals surface area contributed by atoms with Gasteiger partial charge in [-0.1, -0.05) is 0 Å². The van der Waals surface area contributed by atoms with Gasteiger partial charge >= 0.3 is 5.97 Å². The highest BCUT2D eigenvalue weighted by molar-refractivity contribution is 7.16. The van der Waals surface area contributed by atoms with Crippen LogP contribution in [0.25, 0.3) is 11.0 Å². The van der Waals surface area contributed by atoms with Crippen molar-refractivity contribution in [1.29, 1.82) is 0 Å². The van der Waals surface area contributed by atoms with E-state index in [1.807, 2.05) is 19.1 Å². The van der Waals surface area contributed by atoms with E-state index in [9.17, 15) is 9.59 Å². The number of nitrogens with zero attached hydrogens (tertiary/aromatic N) is 1. The number of amides is 1. The Morgan fingerprint density at radius 2 is 2.21 bits per heavy atom. The summed E-state index contributed by atoms with van der Waals surface area (Å²) in [5.74, 6) is -0.0772. The Balaban J connectivity index is 1.57. The summed E-state index contributed by atoms with van der Waals surface area (Å²) in [6.07, 6.45) is 1.46. The Hall–Kier alpha value is -2.87. The van der Waals surface area contributed by atoms with Gasteiger partial charge in [-0.05, 0) is 38.8 Å². The third-order valence-corrected chi connectivity index (χ3v) is 5.91. The zero-order chi connectivity index (χ0) is 19.8. The van der Waals surface area contributed by atoms with E-state index in [0.29, 0.717) is 35.2 Å². The topological polar surface area (TPSA) is 90.7 Å². The molecule has 0 saturated heterocycles. The van der Waals surface area contributed by atoms with Gasteiger partial charge in [0.15, 0.2) is 10.9 Å². The fourth-order valence-corrected chi connectivity index (χ4v) is 4.49. The monoisotopic (exact) mass is 400 g/mol. The van der Waals surface area contributed by atoms with Gasteiger partial charge in [0.1, 0.15) is 17.3 Å². The Bertz CT molecular complexity index is 1070. The molecule has 7 nitrogen and oxygen atoms in total. The minimum Gasteiger partial charge on any atom is -0.497 e. The second-order valence-electron chi connectivity index (χ2n) is 6.54. The van der Waals surface area contributed by atoms with Gasteiger partial charge in [-0.25, -0.2) is 4.98 Å². The largest absolute Gasteiger partial charge is 0.497 e. The van der Waals surface area contributed by atoms with Crippen LogP contribution in [0, 0.1) is 6.92 Å². The molecule has 146 valence electrons. The molecule has 0 spiro atoms. The van der Waals surface area contributed by atoms with Crippen LogP contribution in [-0.2, 0) is 16.0 Å². The number of thiazole rings is 1. The van der Waals surface area contributed by atoms with Crippen LogP contribution in [0.1, 0.15) is 46.0 Å². The van der Waals surface area contributed by atoms with Crippen molar-refractivity contribution >= 4 is 39.3 Å². The number of nitrogens with one attached hydrogen (secondary N) is 1. The van der Waals surface area contributed by atoms with E-state index in [1.54, 1.807) is 20.1 Å². The van der Waals surface area contributed by atoms with Crippen LogP contribution < -0.4 is 10.1 Å². The van der Waals surface area contributed by atoms with Gasteiger partial charge in [0.05, 0.1) is 19.4 Å². The van der Waals surface area contributed by atoms with Crippen LogP contribution >= 0.6 is 11.3 Å². The first-order valence-corrected chi connectivity index (χ1v) is 9.88. The van der Waals surface area contributed by atoms with Crippen molar-refractivity contribution in [1.82, 2.24) is 4.98 Å². The van der Waals surface area contributed by atoms with Crippen molar-refractivity contribution in [2.45, 2.75) is 32.6 Å². The summed E-state index contributed by atoms with van der Waals surface area (Å²) in [6, 6.07) is 5.44. The number of hydrogen-bond donors (Lipinski definition) is 1. The molecular formula is C20H20N2O5S. The van der Waals surface area contributed by atoms with E-state index < -0.39 is 0 Å². The first-order valence-electron chi connectivity index (χ1n) is 9.06. The molecule has 0 aliphatic heterocycles. The van der Waals surface area contributed by atoms with Gasteiger partial charge in [-0.2, -0.15) is 0 Å². The fourth-order valence-electron chi connectivity index (χ4n) is 3.46. The summed E-state index contributed by atoms with van der Waals surface area (Å²) in [5.41, 5.74) is 2.06. The molecule has 0 bridgehead atoms. The molecule has 0 fully saturated rings. The molecule has 28 heavy (non-hydrogen) atoms. The molecule has 0 saturated carbocycles. The summed E-state index contributed by atoms with van der Waals surface area (Å²) in [6.45, 7) is 3.96. The number of aromatic nitrogens is 1. The highest BCUT2D eigenvalue weighted by Crippen LogP contribution is 2.39. The summed E-state index contributed by atoms with van der Waals surface area (Å²) < 4.78 is 16.1. The van der Waals surface area contributed by atoms with Crippen molar-refractivity contribution in [2.75, 3.05) is 19.0 Å². The molecule has 1 atom stereocenters. The maximum atomic E-state index is 12.7. The third-order valence-electron chi connectivity index (χ3n) is 4.86. The maximum Gasteiger partial charge on any atom is 0.315 e. The molecular weight excluding hydrogens is 380 g/mol. The van der Waals surface area contributed by atoms with Crippen molar-refractivity contribution in [3.05, 3.63) is 40.1 Å². The minimum absolute atomic E-state index is 0.237. The lowest BCUT2D eigenvalue weighted by molar-refractivity contribution is -0.145. The first kappa shape index (κ1) is 18.5. The number of furan rings is 1. The number of hydrogen-bond acceptors (Lipinski definition) is 7. The predicted octanol–water partition coefficient (Wildman–Crippen LogP) is 4.05. The molecule has 2 heterocycles. The van der Waals surface area contributed by atoms with Crippen molar-refractivity contribution in [3.8, 4) is 5.75 Å². The molecule has 2 aromatic heterocycles. The van der Waals surface area contributed by atoms with E-state index in [-0.39, 0.29) is 23.6 Å². The molecule has 1 N–H and O–H groups in total. The summed E-state index contributed by atoms with van der Waals surface area (Å²) >= 11 is 1.39. The lowest BCUT2D eigenvalue weighted by atomic mass is 10.1. The summed E-state index contributed by atoms with van der Waals surface area (Å²) in [7, 11) is 1.58. The van der Waals surface area contributed by atoms with Crippen LogP contribution in [-0.4, -0.2) is 30.6 Å². The number of methoxy groups -OCH3 is 1. The van der Waals surface area contributed by atoms with Gasteiger partial charge in [-0.3, -0.25) is 14.9 Å². The van der Waals surface area contributed by atoms with Gasteiger partial charge in [0, 0.05) is 21.9 Å². The van der Waals surface area contributed by atoms with Crippen LogP contribution in [0.15, 0.2) is 22.6 Å². The normalized spacial score (nSPS) is 15.5. The average molecular weight is 400 g/mol. The maximum absolute atomic E-state index is 12.7. The number of rotatable bonds is 5. The fraction of sp³-hybridized carbons (Fsp3) is 0.350. The lowest BCUT2D eigenvalue weighted by Gasteiger charge is -2.07. The van der Waals surface area contributed by atoms with E-state index in [0.717, 1.165) is 22.2 Å². The number of carbonyl (C=O) groups excluding carboxylic acids is 2. The van der Waals surface area contributed by atoms with Gasteiger partial charge in [-0.15, -0.1) is 11.3 Å².